The van der Waals surface area contributed by atoms with Gasteiger partial charge in [0.15, 0.2) is 9.84 Å². The monoisotopic (exact) mass is 467 g/mol. The van der Waals surface area contributed by atoms with Crippen LogP contribution in [0.15, 0.2) is 83.8 Å². The largest absolute Gasteiger partial charge is 0.481 e. The van der Waals surface area contributed by atoms with E-state index in [9.17, 15) is 27.9 Å². The van der Waals surface area contributed by atoms with Gasteiger partial charge in [0.25, 0.3) is 5.91 Å². The number of sulfone groups is 1. The number of hydrogen-bond donors (Lipinski definition) is 4. The summed E-state index contributed by atoms with van der Waals surface area (Å²) in [5.41, 5.74) is 6.52. The summed E-state index contributed by atoms with van der Waals surface area (Å²) in [5, 5.41) is 13.0. The van der Waals surface area contributed by atoms with E-state index in [1.165, 1.54) is 48.5 Å². The standard InChI is InChI=1S/C23H21N3O6S/c24-23(30)26-18-8-6-16(7-9-18)22(29)25-17-10-12-19(13-11-17)33(31,32)20(14-21(27)28)15-4-2-1-3-5-15/h1-13,20H,14H2,(H,25,29)(H,27,28)(H3,24,26,30). The molecule has 9 nitrogen and oxygen atoms in total. The van der Waals surface area contributed by atoms with Crippen molar-refractivity contribution in [2.75, 3.05) is 10.6 Å². The van der Waals surface area contributed by atoms with E-state index in [1.54, 1.807) is 30.3 Å². The quantitative estimate of drug-likeness (QED) is 0.398. The van der Waals surface area contributed by atoms with Crippen molar-refractivity contribution < 1.29 is 27.9 Å². The molecule has 0 radical (unpaired) electrons. The van der Waals surface area contributed by atoms with E-state index in [-0.39, 0.29) is 4.90 Å². The summed E-state index contributed by atoms with van der Waals surface area (Å²) in [4.78, 5) is 34.5. The van der Waals surface area contributed by atoms with Crippen LogP contribution in [0.2, 0.25) is 0 Å². The third-order valence-corrected chi connectivity index (χ3v) is 6.88. The smallest absolute Gasteiger partial charge is 0.316 e. The van der Waals surface area contributed by atoms with E-state index < -0.39 is 39.4 Å². The van der Waals surface area contributed by atoms with Crippen LogP contribution in [0, 0.1) is 0 Å². The summed E-state index contributed by atoms with van der Waals surface area (Å²) < 4.78 is 26.3. The third-order valence-electron chi connectivity index (χ3n) is 4.76. The number of carbonyl (C=O) groups is 3. The lowest BCUT2D eigenvalue weighted by atomic mass is 10.1. The van der Waals surface area contributed by atoms with Crippen LogP contribution >= 0.6 is 0 Å². The molecule has 3 aromatic rings. The number of rotatable bonds is 8. The minimum Gasteiger partial charge on any atom is -0.481 e. The Bertz CT molecular complexity index is 1260. The van der Waals surface area contributed by atoms with Gasteiger partial charge >= 0.3 is 12.0 Å². The van der Waals surface area contributed by atoms with Crippen LogP contribution in [0.5, 0.6) is 0 Å². The van der Waals surface area contributed by atoms with Crippen LogP contribution in [0.25, 0.3) is 0 Å². The predicted molar refractivity (Wildman–Crippen MR) is 123 cm³/mol. The second-order valence-electron chi connectivity index (χ2n) is 7.09. The molecule has 5 N–H and O–H groups in total. The van der Waals surface area contributed by atoms with E-state index in [0.29, 0.717) is 22.5 Å². The summed E-state index contributed by atoms with van der Waals surface area (Å²) >= 11 is 0. The Morgan fingerprint density at radius 3 is 1.91 bits per heavy atom. The number of primary amides is 1. The molecule has 0 aliphatic rings. The maximum Gasteiger partial charge on any atom is 0.316 e. The zero-order chi connectivity index (χ0) is 24.0. The van der Waals surface area contributed by atoms with Crippen molar-refractivity contribution in [3.05, 3.63) is 90.0 Å². The molecule has 0 heterocycles. The first kappa shape index (κ1) is 23.5. The highest BCUT2D eigenvalue weighted by Gasteiger charge is 2.31. The molecule has 1 unspecified atom stereocenters. The van der Waals surface area contributed by atoms with Crippen molar-refractivity contribution in [3.8, 4) is 0 Å². The van der Waals surface area contributed by atoms with Gasteiger partial charge in [-0.05, 0) is 54.1 Å². The lowest BCUT2D eigenvalue weighted by Gasteiger charge is -2.17. The molecule has 0 bridgehead atoms. The number of carbonyl (C=O) groups excluding carboxylic acids is 2. The van der Waals surface area contributed by atoms with Gasteiger partial charge in [-0.2, -0.15) is 0 Å². The number of carboxylic acid groups (broad SMARTS) is 1. The Labute approximate surface area is 190 Å². The molecule has 0 saturated heterocycles. The first-order chi connectivity index (χ1) is 15.7. The highest BCUT2D eigenvalue weighted by molar-refractivity contribution is 7.91. The van der Waals surface area contributed by atoms with Gasteiger partial charge in [-0.3, -0.25) is 9.59 Å². The van der Waals surface area contributed by atoms with Crippen molar-refractivity contribution in [1.82, 2.24) is 0 Å². The van der Waals surface area contributed by atoms with Crippen LogP contribution in [-0.4, -0.2) is 31.4 Å². The average molecular weight is 468 g/mol. The molecule has 3 aromatic carbocycles. The Kier molecular flexibility index (Phi) is 7.09. The van der Waals surface area contributed by atoms with Crippen molar-refractivity contribution in [2.24, 2.45) is 5.73 Å². The predicted octanol–water partition coefficient (Wildman–Crippen LogP) is 3.42. The van der Waals surface area contributed by atoms with Gasteiger partial charge in [-0.25, -0.2) is 13.2 Å². The van der Waals surface area contributed by atoms with Crippen LogP contribution in [0.1, 0.15) is 27.6 Å². The van der Waals surface area contributed by atoms with Crippen molar-refractivity contribution in [1.29, 1.82) is 0 Å². The maximum absolute atomic E-state index is 13.1. The van der Waals surface area contributed by atoms with Crippen molar-refractivity contribution >= 4 is 39.1 Å². The molecular formula is C23H21N3O6S. The van der Waals surface area contributed by atoms with Crippen molar-refractivity contribution in [3.63, 3.8) is 0 Å². The summed E-state index contributed by atoms with van der Waals surface area (Å²) in [6, 6.07) is 19.0. The van der Waals surface area contributed by atoms with E-state index in [2.05, 4.69) is 10.6 Å². The number of benzene rings is 3. The molecule has 3 amide bonds. The molecule has 0 fully saturated rings. The van der Waals surface area contributed by atoms with Crippen molar-refractivity contribution in [2.45, 2.75) is 16.6 Å². The molecule has 0 spiro atoms. The maximum atomic E-state index is 13.1. The number of urea groups is 1. The fraction of sp³-hybridized carbons (Fsp3) is 0.0870. The first-order valence-electron chi connectivity index (χ1n) is 9.75. The molecule has 3 rings (SSSR count). The molecule has 0 aliphatic heterocycles. The van der Waals surface area contributed by atoms with E-state index in [4.69, 9.17) is 5.73 Å². The summed E-state index contributed by atoms with van der Waals surface area (Å²) in [6.07, 6.45) is -0.578. The van der Waals surface area contributed by atoms with Gasteiger partial charge in [-0.15, -0.1) is 0 Å². The number of carboxylic acids is 1. The fourth-order valence-electron chi connectivity index (χ4n) is 3.18. The molecule has 33 heavy (non-hydrogen) atoms. The van der Waals surface area contributed by atoms with Gasteiger partial charge in [0, 0.05) is 16.9 Å². The number of amides is 3. The highest BCUT2D eigenvalue weighted by atomic mass is 32.2. The van der Waals surface area contributed by atoms with Gasteiger partial charge in [0.05, 0.1) is 11.3 Å². The molecule has 0 saturated carbocycles. The zero-order valence-corrected chi connectivity index (χ0v) is 18.1. The number of hydrogen-bond acceptors (Lipinski definition) is 5. The number of aliphatic carboxylic acids is 1. The highest BCUT2D eigenvalue weighted by Crippen LogP contribution is 2.32. The summed E-state index contributed by atoms with van der Waals surface area (Å²) in [7, 11) is -4.00. The van der Waals surface area contributed by atoms with Crippen LogP contribution in [0.4, 0.5) is 16.2 Å². The van der Waals surface area contributed by atoms with Crippen LogP contribution in [0.3, 0.4) is 0 Å². The SMILES string of the molecule is NC(=O)Nc1ccc(C(=O)Nc2ccc(S(=O)(=O)C(CC(=O)O)c3ccccc3)cc2)cc1. The average Bonchev–Trinajstić information content (AvgIpc) is 2.78. The minimum absolute atomic E-state index is 0.0579. The molecule has 1 atom stereocenters. The lowest BCUT2D eigenvalue weighted by Crippen LogP contribution is -2.19. The van der Waals surface area contributed by atoms with E-state index in [1.807, 2.05) is 0 Å². The second-order valence-corrected chi connectivity index (χ2v) is 9.22. The topological polar surface area (TPSA) is 156 Å². The van der Waals surface area contributed by atoms with Crippen LogP contribution < -0.4 is 16.4 Å². The Balaban J connectivity index is 1.77. The Morgan fingerprint density at radius 1 is 0.818 bits per heavy atom. The summed E-state index contributed by atoms with van der Waals surface area (Å²) in [6.45, 7) is 0. The normalized spacial score (nSPS) is 11.9. The molecule has 170 valence electrons. The lowest BCUT2D eigenvalue weighted by molar-refractivity contribution is -0.137. The van der Waals surface area contributed by atoms with Gasteiger partial charge < -0.3 is 21.5 Å². The zero-order valence-electron chi connectivity index (χ0n) is 17.3. The fourth-order valence-corrected chi connectivity index (χ4v) is 4.90. The molecular weight excluding hydrogens is 446 g/mol. The summed E-state index contributed by atoms with van der Waals surface area (Å²) in [5.74, 6) is -1.67. The third kappa shape index (κ3) is 5.95. The van der Waals surface area contributed by atoms with E-state index >= 15 is 0 Å². The first-order valence-corrected chi connectivity index (χ1v) is 11.3. The number of anilines is 2. The van der Waals surface area contributed by atoms with Gasteiger partial charge in [0.1, 0.15) is 5.25 Å². The Morgan fingerprint density at radius 2 is 1.36 bits per heavy atom. The minimum atomic E-state index is -4.00. The van der Waals surface area contributed by atoms with Gasteiger partial charge in [0.2, 0.25) is 0 Å². The molecule has 10 heteroatoms. The molecule has 0 aliphatic carbocycles. The number of nitrogens with one attached hydrogen (secondary N) is 2. The molecule has 0 aromatic heterocycles. The second kappa shape index (κ2) is 9.96. The van der Waals surface area contributed by atoms with Gasteiger partial charge in [-0.1, -0.05) is 30.3 Å². The Hall–Kier alpha value is -4.18. The number of nitrogens with two attached hydrogens (primary N) is 1. The van der Waals surface area contributed by atoms with Crippen LogP contribution in [-0.2, 0) is 14.6 Å². The van der Waals surface area contributed by atoms with E-state index in [0.717, 1.165) is 0 Å².